The summed E-state index contributed by atoms with van der Waals surface area (Å²) in [7, 11) is 0. The van der Waals surface area contributed by atoms with Gasteiger partial charge in [-0.05, 0) is 31.5 Å². The number of amides is 1. The lowest BCUT2D eigenvalue weighted by Crippen LogP contribution is -2.38. The third kappa shape index (κ3) is 2.22. The minimum atomic E-state index is -0.749. The molecule has 1 aliphatic heterocycles. The number of hydrogen-bond acceptors (Lipinski definition) is 2. The summed E-state index contributed by atoms with van der Waals surface area (Å²) in [6.45, 7) is 3.21. The second-order valence-electron chi connectivity index (χ2n) is 4.61. The Balaban J connectivity index is 2.21. The zero-order chi connectivity index (χ0) is 13.2. The molecule has 0 radical (unpaired) electrons. The van der Waals surface area contributed by atoms with Gasteiger partial charge in [0.1, 0.15) is 17.3 Å². The van der Waals surface area contributed by atoms with E-state index in [2.05, 4.69) is 10.6 Å². The minimum Gasteiger partial charge on any atom is -0.321 e. The van der Waals surface area contributed by atoms with Crippen LogP contribution in [-0.2, 0) is 4.79 Å². The number of anilines is 1. The Hall–Kier alpha value is -1.49. The van der Waals surface area contributed by atoms with Crippen molar-refractivity contribution in [3.63, 3.8) is 0 Å². The van der Waals surface area contributed by atoms with E-state index in [4.69, 9.17) is 0 Å². The fourth-order valence-electron chi connectivity index (χ4n) is 2.26. The molecule has 3 nitrogen and oxygen atoms in total. The average Bonchev–Trinajstić information content (AvgIpc) is 2.84. The van der Waals surface area contributed by atoms with Gasteiger partial charge in [0.05, 0.1) is 5.41 Å². The summed E-state index contributed by atoms with van der Waals surface area (Å²) in [5.41, 5.74) is -0.920. The first-order valence-corrected chi connectivity index (χ1v) is 6.05. The maximum atomic E-state index is 13.5. The van der Waals surface area contributed by atoms with Crippen molar-refractivity contribution in [2.24, 2.45) is 5.41 Å². The number of nitrogens with one attached hydrogen (secondary N) is 2. The molecule has 1 amide bonds. The summed E-state index contributed by atoms with van der Waals surface area (Å²) in [6, 6.07) is 3.53. The zero-order valence-corrected chi connectivity index (χ0v) is 10.2. The molecule has 1 fully saturated rings. The highest BCUT2D eigenvalue weighted by Gasteiger charge is 2.39. The van der Waals surface area contributed by atoms with Crippen molar-refractivity contribution in [3.8, 4) is 0 Å². The van der Waals surface area contributed by atoms with Gasteiger partial charge in [-0.2, -0.15) is 0 Å². The summed E-state index contributed by atoms with van der Waals surface area (Å²) >= 11 is 0. The molecule has 0 saturated carbocycles. The molecule has 1 saturated heterocycles. The van der Waals surface area contributed by atoms with Crippen molar-refractivity contribution < 1.29 is 13.6 Å². The van der Waals surface area contributed by atoms with Crippen LogP contribution in [0.25, 0.3) is 0 Å². The number of hydrogen-bond donors (Lipinski definition) is 2. The molecule has 2 rings (SSSR count). The van der Waals surface area contributed by atoms with Gasteiger partial charge in [-0.25, -0.2) is 8.78 Å². The number of carbonyl (C=O) groups is 1. The molecule has 1 heterocycles. The van der Waals surface area contributed by atoms with Crippen molar-refractivity contribution in [1.29, 1.82) is 0 Å². The maximum absolute atomic E-state index is 13.5. The number of halogens is 2. The number of rotatable bonds is 3. The Labute approximate surface area is 105 Å². The fourth-order valence-corrected chi connectivity index (χ4v) is 2.26. The normalized spacial score (nSPS) is 23.1. The molecule has 1 unspecified atom stereocenters. The van der Waals surface area contributed by atoms with Crippen molar-refractivity contribution >= 4 is 11.6 Å². The quantitative estimate of drug-likeness (QED) is 0.869. The summed E-state index contributed by atoms with van der Waals surface area (Å²) in [5.74, 6) is -1.82. The first-order valence-electron chi connectivity index (χ1n) is 6.05. The maximum Gasteiger partial charge on any atom is 0.232 e. The second-order valence-corrected chi connectivity index (χ2v) is 4.61. The molecular formula is C13H16F2N2O. The third-order valence-electron chi connectivity index (χ3n) is 3.60. The second kappa shape index (κ2) is 5.02. The highest BCUT2D eigenvalue weighted by atomic mass is 19.1. The lowest BCUT2D eigenvalue weighted by molar-refractivity contribution is -0.124. The van der Waals surface area contributed by atoms with Crippen LogP contribution >= 0.6 is 0 Å². The van der Waals surface area contributed by atoms with Gasteiger partial charge >= 0.3 is 0 Å². The van der Waals surface area contributed by atoms with Crippen LogP contribution in [0, 0.1) is 17.0 Å². The predicted molar refractivity (Wildman–Crippen MR) is 65.2 cm³/mol. The van der Waals surface area contributed by atoms with E-state index >= 15 is 0 Å². The van der Waals surface area contributed by atoms with E-state index in [1.165, 1.54) is 6.07 Å². The molecule has 98 valence electrons. The molecule has 0 aliphatic carbocycles. The van der Waals surface area contributed by atoms with Crippen molar-refractivity contribution in [2.45, 2.75) is 19.8 Å². The van der Waals surface area contributed by atoms with Gasteiger partial charge in [0, 0.05) is 6.54 Å². The van der Waals surface area contributed by atoms with Crippen molar-refractivity contribution in [3.05, 3.63) is 29.8 Å². The van der Waals surface area contributed by atoms with E-state index in [0.29, 0.717) is 19.4 Å². The van der Waals surface area contributed by atoms with E-state index in [9.17, 15) is 13.6 Å². The molecule has 1 aromatic carbocycles. The van der Waals surface area contributed by atoms with Crippen LogP contribution in [0.4, 0.5) is 14.5 Å². The number of carbonyl (C=O) groups excluding carboxylic acids is 1. The summed E-state index contributed by atoms with van der Waals surface area (Å²) in [5, 5.41) is 5.49. The highest BCUT2D eigenvalue weighted by Crippen LogP contribution is 2.31. The molecular weight excluding hydrogens is 238 g/mol. The van der Waals surface area contributed by atoms with Crippen LogP contribution in [0.15, 0.2) is 18.2 Å². The molecule has 0 bridgehead atoms. The largest absolute Gasteiger partial charge is 0.321 e. The van der Waals surface area contributed by atoms with Gasteiger partial charge in [0.25, 0.3) is 0 Å². The van der Waals surface area contributed by atoms with E-state index < -0.39 is 17.0 Å². The molecule has 18 heavy (non-hydrogen) atoms. The summed E-state index contributed by atoms with van der Waals surface area (Å²) in [6.07, 6.45) is 1.33. The van der Waals surface area contributed by atoms with Crippen LogP contribution in [-0.4, -0.2) is 19.0 Å². The van der Waals surface area contributed by atoms with Crippen molar-refractivity contribution in [2.75, 3.05) is 18.4 Å². The minimum absolute atomic E-state index is 0.320. The van der Waals surface area contributed by atoms with Crippen LogP contribution < -0.4 is 10.6 Å². The van der Waals surface area contributed by atoms with Gasteiger partial charge in [0.15, 0.2) is 0 Å². The summed E-state index contributed by atoms with van der Waals surface area (Å²) < 4.78 is 26.9. The van der Waals surface area contributed by atoms with Crippen molar-refractivity contribution in [1.82, 2.24) is 5.32 Å². The van der Waals surface area contributed by atoms with Gasteiger partial charge in [-0.1, -0.05) is 13.0 Å². The van der Waals surface area contributed by atoms with E-state index in [-0.39, 0.29) is 11.6 Å². The molecule has 5 heteroatoms. The van der Waals surface area contributed by atoms with E-state index in [1.54, 1.807) is 0 Å². The molecule has 1 atom stereocenters. The van der Waals surface area contributed by atoms with Gasteiger partial charge in [-0.3, -0.25) is 4.79 Å². The van der Waals surface area contributed by atoms with Gasteiger partial charge < -0.3 is 10.6 Å². The number of para-hydroxylation sites is 1. The van der Waals surface area contributed by atoms with Crippen LogP contribution in [0.5, 0.6) is 0 Å². The Morgan fingerprint density at radius 3 is 2.61 bits per heavy atom. The lowest BCUT2D eigenvalue weighted by Gasteiger charge is -2.25. The van der Waals surface area contributed by atoms with Gasteiger partial charge in [-0.15, -0.1) is 0 Å². The Morgan fingerprint density at radius 2 is 2.11 bits per heavy atom. The Bertz CT molecular complexity index is 436. The van der Waals surface area contributed by atoms with Crippen LogP contribution in [0.2, 0.25) is 0 Å². The SMILES string of the molecule is CCC1(C(=O)Nc2c(F)cccc2F)CCNC1. The van der Waals surface area contributed by atoms with E-state index in [0.717, 1.165) is 18.7 Å². The highest BCUT2D eigenvalue weighted by molar-refractivity contribution is 5.96. The Morgan fingerprint density at radius 1 is 1.44 bits per heavy atom. The van der Waals surface area contributed by atoms with E-state index in [1.807, 2.05) is 6.92 Å². The third-order valence-corrected chi connectivity index (χ3v) is 3.60. The first kappa shape index (κ1) is 13.0. The standard InChI is InChI=1S/C13H16F2N2O/c1-2-13(6-7-16-8-13)12(18)17-11-9(14)4-3-5-10(11)15/h3-5,16H,2,6-8H2,1H3,(H,17,18). The molecule has 0 spiro atoms. The summed E-state index contributed by atoms with van der Waals surface area (Å²) in [4.78, 5) is 12.2. The van der Waals surface area contributed by atoms with Crippen LogP contribution in [0.1, 0.15) is 19.8 Å². The predicted octanol–water partition coefficient (Wildman–Crippen LogP) is 2.29. The molecule has 1 aromatic rings. The smallest absolute Gasteiger partial charge is 0.232 e. The fraction of sp³-hybridized carbons (Fsp3) is 0.462. The lowest BCUT2D eigenvalue weighted by atomic mass is 9.83. The molecule has 0 aromatic heterocycles. The van der Waals surface area contributed by atoms with Gasteiger partial charge in [0.2, 0.25) is 5.91 Å². The number of benzene rings is 1. The molecule has 1 aliphatic rings. The Kier molecular flexibility index (Phi) is 3.61. The molecule has 2 N–H and O–H groups in total. The average molecular weight is 254 g/mol. The monoisotopic (exact) mass is 254 g/mol. The first-order chi connectivity index (χ1) is 8.59. The topological polar surface area (TPSA) is 41.1 Å². The van der Waals surface area contributed by atoms with Crippen LogP contribution in [0.3, 0.4) is 0 Å². The zero-order valence-electron chi connectivity index (χ0n) is 10.2.